The standard InChI is InChI=1S/C14H23N5O2/c1-15-14(20)12-3-4-13(18-17-12)16-11-5-7-19(8-6-11)9-10-21-2/h3-4,11H,5-10H2,1-2H3,(H,15,20)(H,16,18). The number of likely N-dealkylation sites (tertiary alicyclic amines) is 1. The first-order valence-electron chi connectivity index (χ1n) is 7.26. The maximum atomic E-state index is 11.4. The second kappa shape index (κ2) is 7.90. The molecule has 0 saturated carbocycles. The number of nitrogens with one attached hydrogen (secondary N) is 2. The largest absolute Gasteiger partial charge is 0.383 e. The van der Waals surface area contributed by atoms with Gasteiger partial charge in [-0.3, -0.25) is 4.79 Å². The van der Waals surface area contributed by atoms with Crippen molar-refractivity contribution in [3.63, 3.8) is 0 Å². The van der Waals surface area contributed by atoms with Gasteiger partial charge < -0.3 is 20.3 Å². The number of hydrogen-bond donors (Lipinski definition) is 2. The highest BCUT2D eigenvalue weighted by molar-refractivity contribution is 5.91. The Kier molecular flexibility index (Phi) is 5.89. The van der Waals surface area contributed by atoms with Gasteiger partial charge in [0.05, 0.1) is 6.61 Å². The van der Waals surface area contributed by atoms with Crippen LogP contribution < -0.4 is 10.6 Å². The molecule has 0 bridgehead atoms. The number of aromatic nitrogens is 2. The van der Waals surface area contributed by atoms with Gasteiger partial charge in [0.2, 0.25) is 0 Å². The lowest BCUT2D eigenvalue weighted by atomic mass is 10.1. The molecule has 1 aromatic heterocycles. The molecule has 7 heteroatoms. The minimum Gasteiger partial charge on any atom is -0.383 e. The van der Waals surface area contributed by atoms with E-state index < -0.39 is 0 Å². The molecular weight excluding hydrogens is 270 g/mol. The molecule has 1 aliphatic rings. The quantitative estimate of drug-likeness (QED) is 0.788. The molecule has 0 spiro atoms. The van der Waals surface area contributed by atoms with Crippen molar-refractivity contribution in [1.29, 1.82) is 0 Å². The first-order chi connectivity index (χ1) is 10.2. The predicted molar refractivity (Wildman–Crippen MR) is 80.4 cm³/mol. The fraction of sp³-hybridized carbons (Fsp3) is 0.643. The van der Waals surface area contributed by atoms with Crippen LogP contribution in [0.15, 0.2) is 12.1 Å². The highest BCUT2D eigenvalue weighted by atomic mass is 16.5. The molecule has 1 saturated heterocycles. The SMILES string of the molecule is CNC(=O)c1ccc(NC2CCN(CCOC)CC2)nn1. The van der Waals surface area contributed by atoms with Crippen LogP contribution in [0.5, 0.6) is 0 Å². The van der Waals surface area contributed by atoms with E-state index in [9.17, 15) is 4.79 Å². The third-order valence-electron chi connectivity index (χ3n) is 3.68. The Balaban J connectivity index is 1.79. The van der Waals surface area contributed by atoms with Crippen molar-refractivity contribution in [2.75, 3.05) is 45.7 Å². The fourth-order valence-corrected chi connectivity index (χ4v) is 2.39. The third-order valence-corrected chi connectivity index (χ3v) is 3.68. The number of ether oxygens (including phenoxy) is 1. The minimum absolute atomic E-state index is 0.222. The maximum absolute atomic E-state index is 11.4. The molecule has 2 N–H and O–H groups in total. The van der Waals surface area contributed by atoms with Gasteiger partial charge in [0, 0.05) is 39.8 Å². The molecule has 0 aliphatic carbocycles. The van der Waals surface area contributed by atoms with Crippen LogP contribution >= 0.6 is 0 Å². The molecule has 2 heterocycles. The molecule has 0 aromatic carbocycles. The van der Waals surface area contributed by atoms with E-state index in [4.69, 9.17) is 4.74 Å². The summed E-state index contributed by atoms with van der Waals surface area (Å²) in [7, 11) is 3.31. The van der Waals surface area contributed by atoms with E-state index in [2.05, 4.69) is 25.7 Å². The second-order valence-electron chi connectivity index (χ2n) is 5.14. The lowest BCUT2D eigenvalue weighted by Crippen LogP contribution is -2.40. The van der Waals surface area contributed by atoms with Gasteiger partial charge in [-0.1, -0.05) is 0 Å². The Morgan fingerprint density at radius 1 is 1.38 bits per heavy atom. The molecule has 1 fully saturated rings. The molecule has 1 aromatic rings. The lowest BCUT2D eigenvalue weighted by molar-refractivity contribution is 0.0957. The topological polar surface area (TPSA) is 79.4 Å². The Labute approximate surface area is 125 Å². The van der Waals surface area contributed by atoms with Crippen LogP contribution in [0.1, 0.15) is 23.3 Å². The predicted octanol–water partition coefficient (Wildman–Crippen LogP) is 0.359. The molecule has 1 amide bonds. The Morgan fingerprint density at radius 3 is 2.71 bits per heavy atom. The Hall–Kier alpha value is -1.73. The van der Waals surface area contributed by atoms with E-state index in [1.54, 1.807) is 26.3 Å². The van der Waals surface area contributed by atoms with Crippen molar-refractivity contribution in [3.05, 3.63) is 17.8 Å². The zero-order chi connectivity index (χ0) is 15.1. The first-order valence-corrected chi connectivity index (χ1v) is 7.26. The summed E-state index contributed by atoms with van der Waals surface area (Å²) in [6.07, 6.45) is 2.14. The number of piperidine rings is 1. The van der Waals surface area contributed by atoms with Crippen LogP contribution in [0.2, 0.25) is 0 Å². The number of amides is 1. The Morgan fingerprint density at radius 2 is 2.14 bits per heavy atom. The van der Waals surface area contributed by atoms with Gasteiger partial charge in [-0.2, -0.15) is 0 Å². The summed E-state index contributed by atoms with van der Waals surface area (Å²) in [6.45, 7) is 3.89. The number of hydrogen-bond acceptors (Lipinski definition) is 6. The molecule has 0 unspecified atom stereocenters. The number of carbonyl (C=O) groups is 1. The summed E-state index contributed by atoms with van der Waals surface area (Å²) in [5.74, 6) is 0.499. The summed E-state index contributed by atoms with van der Waals surface area (Å²) in [5.41, 5.74) is 0.331. The molecular formula is C14H23N5O2. The third kappa shape index (κ3) is 4.64. The number of carbonyl (C=O) groups excluding carboxylic acids is 1. The van der Waals surface area contributed by atoms with Gasteiger partial charge in [-0.05, 0) is 25.0 Å². The summed E-state index contributed by atoms with van der Waals surface area (Å²) in [6, 6.07) is 3.89. The van der Waals surface area contributed by atoms with E-state index in [0.29, 0.717) is 11.7 Å². The van der Waals surface area contributed by atoms with Gasteiger partial charge in [0.1, 0.15) is 5.82 Å². The molecule has 2 rings (SSSR count). The fourth-order valence-electron chi connectivity index (χ4n) is 2.39. The van der Waals surface area contributed by atoms with Crippen molar-refractivity contribution in [2.24, 2.45) is 0 Å². The average Bonchev–Trinajstić information content (AvgIpc) is 2.54. The van der Waals surface area contributed by atoms with Crippen molar-refractivity contribution in [2.45, 2.75) is 18.9 Å². The van der Waals surface area contributed by atoms with E-state index in [1.165, 1.54) is 0 Å². The van der Waals surface area contributed by atoms with E-state index in [-0.39, 0.29) is 5.91 Å². The summed E-state index contributed by atoms with van der Waals surface area (Å²) >= 11 is 0. The van der Waals surface area contributed by atoms with Gasteiger partial charge in [0.25, 0.3) is 5.91 Å². The van der Waals surface area contributed by atoms with Crippen molar-refractivity contribution < 1.29 is 9.53 Å². The molecule has 0 radical (unpaired) electrons. The molecule has 0 atom stereocenters. The molecule has 21 heavy (non-hydrogen) atoms. The van der Waals surface area contributed by atoms with Crippen LogP contribution in [-0.4, -0.2) is 67.4 Å². The number of methoxy groups -OCH3 is 1. The highest BCUT2D eigenvalue weighted by Crippen LogP contribution is 2.14. The second-order valence-corrected chi connectivity index (χ2v) is 5.14. The maximum Gasteiger partial charge on any atom is 0.271 e. The van der Waals surface area contributed by atoms with Crippen LogP contribution in [0.3, 0.4) is 0 Å². The minimum atomic E-state index is -0.222. The van der Waals surface area contributed by atoms with Gasteiger partial charge in [-0.25, -0.2) is 0 Å². The van der Waals surface area contributed by atoms with E-state index in [0.717, 1.165) is 44.9 Å². The van der Waals surface area contributed by atoms with Crippen LogP contribution in [0.4, 0.5) is 5.82 Å². The summed E-state index contributed by atoms with van der Waals surface area (Å²) in [5, 5.41) is 13.9. The lowest BCUT2D eigenvalue weighted by Gasteiger charge is -2.32. The van der Waals surface area contributed by atoms with Crippen molar-refractivity contribution >= 4 is 11.7 Å². The molecule has 1 aliphatic heterocycles. The monoisotopic (exact) mass is 293 g/mol. The molecule has 7 nitrogen and oxygen atoms in total. The first kappa shape index (κ1) is 15.7. The average molecular weight is 293 g/mol. The van der Waals surface area contributed by atoms with E-state index >= 15 is 0 Å². The number of anilines is 1. The smallest absolute Gasteiger partial charge is 0.271 e. The van der Waals surface area contributed by atoms with Crippen molar-refractivity contribution in [3.8, 4) is 0 Å². The van der Waals surface area contributed by atoms with Crippen LogP contribution in [0.25, 0.3) is 0 Å². The van der Waals surface area contributed by atoms with Gasteiger partial charge in [-0.15, -0.1) is 10.2 Å². The van der Waals surface area contributed by atoms with Crippen LogP contribution in [-0.2, 0) is 4.74 Å². The normalized spacial score (nSPS) is 16.7. The number of rotatable bonds is 6. The Bertz CT molecular complexity index is 443. The summed E-state index contributed by atoms with van der Waals surface area (Å²) in [4.78, 5) is 13.8. The zero-order valence-electron chi connectivity index (χ0n) is 12.6. The summed E-state index contributed by atoms with van der Waals surface area (Å²) < 4.78 is 5.10. The number of nitrogens with zero attached hydrogens (tertiary/aromatic N) is 3. The molecule has 116 valence electrons. The van der Waals surface area contributed by atoms with Gasteiger partial charge >= 0.3 is 0 Å². The van der Waals surface area contributed by atoms with E-state index in [1.807, 2.05) is 0 Å². The zero-order valence-corrected chi connectivity index (χ0v) is 12.6. The highest BCUT2D eigenvalue weighted by Gasteiger charge is 2.19. The van der Waals surface area contributed by atoms with Gasteiger partial charge in [0.15, 0.2) is 5.69 Å². The van der Waals surface area contributed by atoms with Crippen molar-refractivity contribution in [1.82, 2.24) is 20.4 Å². The van der Waals surface area contributed by atoms with Crippen LogP contribution in [0, 0.1) is 0 Å².